The van der Waals surface area contributed by atoms with Crippen LogP contribution in [0.1, 0.15) is 0 Å². The van der Waals surface area contributed by atoms with Crippen LogP contribution >= 0.6 is 0 Å². The molecule has 13 heteroatoms. The van der Waals surface area contributed by atoms with Crippen molar-refractivity contribution in [3.63, 3.8) is 0 Å². The Labute approximate surface area is 106 Å². The molecule has 0 fully saturated rings. The molecule has 0 radical (unpaired) electrons. The van der Waals surface area contributed by atoms with Crippen LogP contribution < -0.4 is 5.32 Å². The Balaban J connectivity index is 2.68. The molecule has 0 aliphatic rings. The molecule has 8 nitrogen and oxygen atoms in total. The maximum atomic E-state index is 13.3. The van der Waals surface area contributed by atoms with Crippen molar-refractivity contribution in [1.29, 1.82) is 0 Å². The summed E-state index contributed by atoms with van der Waals surface area (Å²) >= 11 is 0. The van der Waals surface area contributed by atoms with E-state index in [1.165, 1.54) is 0 Å². The van der Waals surface area contributed by atoms with Crippen LogP contribution in [0.25, 0.3) is 0 Å². The zero-order valence-electron chi connectivity index (χ0n) is 9.39. The zero-order valence-corrected chi connectivity index (χ0v) is 9.39. The molecule has 0 aromatic carbocycles. The Kier molecular flexibility index (Phi) is 4.20. The SMILES string of the molecule is O=C(NCC(F)(F)F)C(F)(F)Cn1cnc([N+](=O)[O-])n1. The molecule has 0 saturated heterocycles. The van der Waals surface area contributed by atoms with Crippen molar-refractivity contribution in [3.05, 3.63) is 16.4 Å². The molecule has 0 atom stereocenters. The first-order valence-electron chi connectivity index (χ1n) is 4.78. The van der Waals surface area contributed by atoms with Crippen molar-refractivity contribution < 1.29 is 31.7 Å². The summed E-state index contributed by atoms with van der Waals surface area (Å²) in [4.78, 5) is 23.1. The normalized spacial score (nSPS) is 12.2. The molecule has 1 N–H and O–H groups in total. The predicted molar refractivity (Wildman–Crippen MR) is 50.7 cm³/mol. The average Bonchev–Trinajstić information content (AvgIpc) is 2.72. The number of hydrogen-bond acceptors (Lipinski definition) is 5. The highest BCUT2D eigenvalue weighted by Gasteiger charge is 2.42. The fourth-order valence-corrected chi connectivity index (χ4v) is 1.03. The average molecular weight is 303 g/mol. The molecule has 1 amide bonds. The third kappa shape index (κ3) is 4.40. The van der Waals surface area contributed by atoms with Gasteiger partial charge in [0.2, 0.25) is 6.33 Å². The first-order chi connectivity index (χ1) is 9.01. The summed E-state index contributed by atoms with van der Waals surface area (Å²) in [5.74, 6) is -7.38. The molecule has 0 saturated carbocycles. The smallest absolute Gasteiger partial charge is 0.390 e. The fraction of sp³-hybridized carbons (Fsp3) is 0.571. The lowest BCUT2D eigenvalue weighted by Crippen LogP contribution is -2.46. The molecule has 0 bridgehead atoms. The summed E-state index contributed by atoms with van der Waals surface area (Å²) in [5, 5.41) is 14.2. The van der Waals surface area contributed by atoms with Gasteiger partial charge in [-0.3, -0.25) is 4.79 Å². The third-order valence-electron chi connectivity index (χ3n) is 1.83. The lowest BCUT2D eigenvalue weighted by atomic mass is 10.3. The summed E-state index contributed by atoms with van der Waals surface area (Å²) < 4.78 is 62.1. The number of amides is 1. The van der Waals surface area contributed by atoms with Crippen LogP contribution in [0, 0.1) is 10.1 Å². The van der Waals surface area contributed by atoms with Gasteiger partial charge < -0.3 is 15.4 Å². The van der Waals surface area contributed by atoms with Crippen LogP contribution in [-0.4, -0.2) is 44.2 Å². The van der Waals surface area contributed by atoms with Gasteiger partial charge in [0.15, 0.2) is 0 Å². The Morgan fingerprint density at radius 2 is 2.00 bits per heavy atom. The highest BCUT2D eigenvalue weighted by molar-refractivity contribution is 5.83. The molecular formula is C7H6F5N5O3. The summed E-state index contributed by atoms with van der Waals surface area (Å²) in [6.45, 7) is -3.39. The van der Waals surface area contributed by atoms with Gasteiger partial charge in [-0.05, 0) is 4.92 Å². The third-order valence-corrected chi connectivity index (χ3v) is 1.83. The molecule has 0 spiro atoms. The van der Waals surface area contributed by atoms with Gasteiger partial charge in [-0.1, -0.05) is 4.98 Å². The molecular weight excluding hydrogens is 297 g/mol. The van der Waals surface area contributed by atoms with Gasteiger partial charge >= 0.3 is 18.0 Å². The second-order valence-electron chi connectivity index (χ2n) is 3.50. The minimum absolute atomic E-state index is 0.283. The van der Waals surface area contributed by atoms with E-state index in [4.69, 9.17) is 0 Å². The van der Waals surface area contributed by atoms with Gasteiger partial charge in [0, 0.05) is 5.10 Å². The fourth-order valence-electron chi connectivity index (χ4n) is 1.03. The molecule has 0 aliphatic carbocycles. The second kappa shape index (κ2) is 5.34. The van der Waals surface area contributed by atoms with E-state index in [0.717, 1.165) is 5.32 Å². The molecule has 1 heterocycles. The number of carbonyl (C=O) groups is 1. The number of carbonyl (C=O) groups excluding carboxylic acids is 1. The van der Waals surface area contributed by atoms with Gasteiger partial charge in [0.05, 0.1) is 0 Å². The molecule has 112 valence electrons. The van der Waals surface area contributed by atoms with Crippen molar-refractivity contribution >= 4 is 11.9 Å². The van der Waals surface area contributed by atoms with Crippen molar-refractivity contribution in [1.82, 2.24) is 20.1 Å². The first-order valence-corrected chi connectivity index (χ1v) is 4.78. The number of halogens is 5. The molecule has 1 rings (SSSR count). The monoisotopic (exact) mass is 303 g/mol. The van der Waals surface area contributed by atoms with E-state index >= 15 is 0 Å². The number of nitrogens with one attached hydrogen (secondary N) is 1. The van der Waals surface area contributed by atoms with Crippen LogP contribution in [0.15, 0.2) is 6.33 Å². The minimum Gasteiger partial charge on any atom is -0.390 e. The van der Waals surface area contributed by atoms with Crippen LogP contribution in [0.3, 0.4) is 0 Å². The molecule has 20 heavy (non-hydrogen) atoms. The minimum atomic E-state index is -4.84. The number of hydrogen-bond donors (Lipinski definition) is 1. The van der Waals surface area contributed by atoms with Gasteiger partial charge in [-0.25, -0.2) is 0 Å². The van der Waals surface area contributed by atoms with Crippen LogP contribution in [0.4, 0.5) is 27.9 Å². The summed E-state index contributed by atoms with van der Waals surface area (Å²) in [7, 11) is 0. The van der Waals surface area contributed by atoms with E-state index in [1.54, 1.807) is 0 Å². The van der Waals surface area contributed by atoms with E-state index in [0.29, 0.717) is 6.33 Å². The quantitative estimate of drug-likeness (QED) is 0.484. The zero-order chi connectivity index (χ0) is 15.6. The molecule has 0 unspecified atom stereocenters. The van der Waals surface area contributed by atoms with E-state index in [-0.39, 0.29) is 4.68 Å². The number of nitro groups is 1. The van der Waals surface area contributed by atoms with Crippen molar-refractivity contribution in [2.75, 3.05) is 6.54 Å². The standard InChI is InChI=1S/C7H6F5N5O3/c8-6(9,4(18)13-1-7(10,11)12)2-16-3-14-5(15-16)17(19)20/h3H,1-2H2,(H,13,18). The predicted octanol–water partition coefficient (Wildman–Crippen LogP) is 0.500. The van der Waals surface area contributed by atoms with Crippen molar-refractivity contribution in [2.45, 2.75) is 18.6 Å². The van der Waals surface area contributed by atoms with Crippen molar-refractivity contribution in [2.24, 2.45) is 0 Å². The van der Waals surface area contributed by atoms with Crippen LogP contribution in [-0.2, 0) is 11.3 Å². The summed E-state index contributed by atoms with van der Waals surface area (Å²) in [5.41, 5.74) is 0. The van der Waals surface area contributed by atoms with Crippen LogP contribution in [0.2, 0.25) is 0 Å². The Hall–Kier alpha value is -2.34. The van der Waals surface area contributed by atoms with E-state index in [1.807, 2.05) is 0 Å². The second-order valence-corrected chi connectivity index (χ2v) is 3.50. The lowest BCUT2D eigenvalue weighted by molar-refractivity contribution is -0.394. The Morgan fingerprint density at radius 3 is 2.45 bits per heavy atom. The van der Waals surface area contributed by atoms with E-state index < -0.39 is 42.0 Å². The van der Waals surface area contributed by atoms with E-state index in [2.05, 4.69) is 10.1 Å². The number of rotatable bonds is 5. The maximum absolute atomic E-state index is 13.3. The lowest BCUT2D eigenvalue weighted by Gasteiger charge is -2.15. The Morgan fingerprint density at radius 1 is 1.40 bits per heavy atom. The molecule has 0 aliphatic heterocycles. The summed E-state index contributed by atoms with van der Waals surface area (Å²) in [6, 6.07) is 0. The Bertz CT molecular complexity index is 513. The van der Waals surface area contributed by atoms with Gasteiger partial charge in [0.25, 0.3) is 5.91 Å². The highest BCUT2D eigenvalue weighted by atomic mass is 19.4. The topological polar surface area (TPSA) is 103 Å². The molecule has 1 aromatic rings. The van der Waals surface area contributed by atoms with Crippen molar-refractivity contribution in [3.8, 4) is 0 Å². The first kappa shape index (κ1) is 15.7. The van der Waals surface area contributed by atoms with Crippen LogP contribution in [0.5, 0.6) is 0 Å². The summed E-state index contributed by atoms with van der Waals surface area (Å²) in [6.07, 6.45) is -4.28. The molecule has 1 aromatic heterocycles. The van der Waals surface area contributed by atoms with Gasteiger partial charge in [0.1, 0.15) is 13.1 Å². The van der Waals surface area contributed by atoms with Gasteiger partial charge in [-0.2, -0.15) is 26.6 Å². The largest absolute Gasteiger partial charge is 0.490 e. The number of alkyl halides is 5. The van der Waals surface area contributed by atoms with Gasteiger partial charge in [-0.15, -0.1) is 0 Å². The number of aromatic nitrogens is 3. The van der Waals surface area contributed by atoms with E-state index in [9.17, 15) is 36.9 Å². The highest BCUT2D eigenvalue weighted by Crippen LogP contribution is 2.18. The number of nitrogens with zero attached hydrogens (tertiary/aromatic N) is 4. The maximum Gasteiger partial charge on any atom is 0.490 e.